The Balaban J connectivity index is 2.00. The number of nitrogens with zero attached hydrogens (tertiary/aromatic N) is 3. The van der Waals surface area contributed by atoms with E-state index in [0.29, 0.717) is 32.5 Å². The molecule has 2 aromatic heterocycles. The molecule has 7 heteroatoms. The number of halogens is 3. The molecule has 0 spiro atoms. The molecule has 0 aliphatic carbocycles. The van der Waals surface area contributed by atoms with Gasteiger partial charge in [0.2, 0.25) is 0 Å². The average molecular weight is 352 g/mol. The lowest BCUT2D eigenvalue weighted by Gasteiger charge is -2.11. The summed E-state index contributed by atoms with van der Waals surface area (Å²) in [6.45, 7) is 0. The molecule has 1 aromatic carbocycles. The van der Waals surface area contributed by atoms with Crippen molar-refractivity contribution in [3.63, 3.8) is 0 Å². The zero-order valence-electron chi connectivity index (χ0n) is 11.1. The Morgan fingerprint density at radius 1 is 0.864 bits per heavy atom. The van der Waals surface area contributed by atoms with Crippen LogP contribution in [0.1, 0.15) is 0 Å². The van der Waals surface area contributed by atoms with Crippen LogP contribution in [-0.2, 0) is 0 Å². The lowest BCUT2D eigenvalue weighted by Crippen LogP contribution is -1.99. The number of benzene rings is 1. The maximum absolute atomic E-state index is 6.14. The third kappa shape index (κ3) is 3.30. The molecule has 0 atom stereocenters. The van der Waals surface area contributed by atoms with Crippen LogP contribution in [0.25, 0.3) is 11.4 Å². The van der Waals surface area contributed by atoms with Crippen molar-refractivity contribution < 1.29 is 0 Å². The summed E-state index contributed by atoms with van der Waals surface area (Å²) in [5.41, 5.74) is 1.38. The zero-order chi connectivity index (χ0) is 15.5. The van der Waals surface area contributed by atoms with Crippen LogP contribution in [0.2, 0.25) is 15.2 Å². The molecule has 0 radical (unpaired) electrons. The number of para-hydroxylation sites is 1. The first kappa shape index (κ1) is 15.0. The summed E-state index contributed by atoms with van der Waals surface area (Å²) in [5.74, 6) is 0.988. The summed E-state index contributed by atoms with van der Waals surface area (Å²) in [6.07, 6.45) is 3.33. The highest BCUT2D eigenvalue weighted by molar-refractivity contribution is 6.39. The monoisotopic (exact) mass is 350 g/mol. The molecule has 0 saturated heterocycles. The van der Waals surface area contributed by atoms with Crippen molar-refractivity contribution in [2.75, 3.05) is 5.32 Å². The van der Waals surface area contributed by atoms with Crippen molar-refractivity contribution in [1.82, 2.24) is 15.0 Å². The topological polar surface area (TPSA) is 50.7 Å². The summed E-state index contributed by atoms with van der Waals surface area (Å²) in [7, 11) is 0. The van der Waals surface area contributed by atoms with Crippen LogP contribution in [0.15, 0.2) is 48.8 Å². The van der Waals surface area contributed by atoms with Crippen molar-refractivity contribution in [1.29, 1.82) is 0 Å². The number of pyridine rings is 1. The highest BCUT2D eigenvalue weighted by Gasteiger charge is 2.10. The predicted molar refractivity (Wildman–Crippen MR) is 90.0 cm³/mol. The van der Waals surface area contributed by atoms with Crippen LogP contribution in [0, 0.1) is 0 Å². The van der Waals surface area contributed by atoms with Gasteiger partial charge in [0.1, 0.15) is 11.0 Å². The Kier molecular flexibility index (Phi) is 4.43. The smallest absolute Gasteiger partial charge is 0.163 e. The van der Waals surface area contributed by atoms with E-state index in [1.54, 1.807) is 48.8 Å². The van der Waals surface area contributed by atoms with E-state index >= 15 is 0 Å². The summed E-state index contributed by atoms with van der Waals surface area (Å²) >= 11 is 18.4. The molecule has 0 bridgehead atoms. The molecule has 0 unspecified atom stereocenters. The molecule has 2 heterocycles. The van der Waals surface area contributed by atoms with Crippen LogP contribution in [0.3, 0.4) is 0 Å². The van der Waals surface area contributed by atoms with Gasteiger partial charge in [0.05, 0.1) is 15.7 Å². The van der Waals surface area contributed by atoms with Gasteiger partial charge in [-0.2, -0.15) is 0 Å². The Morgan fingerprint density at radius 3 is 2.23 bits per heavy atom. The zero-order valence-corrected chi connectivity index (χ0v) is 13.4. The van der Waals surface area contributed by atoms with Gasteiger partial charge >= 0.3 is 0 Å². The molecule has 0 amide bonds. The number of anilines is 2. The van der Waals surface area contributed by atoms with E-state index in [0.717, 1.165) is 5.56 Å². The largest absolute Gasteiger partial charge is 0.338 e. The molecule has 0 saturated carbocycles. The predicted octanol–water partition coefficient (Wildman–Crippen LogP) is 5.24. The van der Waals surface area contributed by atoms with Gasteiger partial charge in [-0.3, -0.25) is 4.98 Å². The van der Waals surface area contributed by atoms with Gasteiger partial charge in [0.25, 0.3) is 0 Å². The Labute approximate surface area is 142 Å². The second kappa shape index (κ2) is 6.48. The van der Waals surface area contributed by atoms with Gasteiger partial charge in [-0.1, -0.05) is 40.9 Å². The second-order valence-electron chi connectivity index (χ2n) is 4.36. The Bertz CT molecular complexity index is 789. The van der Waals surface area contributed by atoms with Crippen molar-refractivity contribution in [2.24, 2.45) is 0 Å². The molecule has 0 fully saturated rings. The molecule has 3 rings (SSSR count). The number of hydrogen-bond acceptors (Lipinski definition) is 4. The normalized spacial score (nSPS) is 10.5. The Morgan fingerprint density at radius 2 is 1.55 bits per heavy atom. The molecule has 4 nitrogen and oxygen atoms in total. The minimum atomic E-state index is 0.312. The maximum Gasteiger partial charge on any atom is 0.163 e. The minimum Gasteiger partial charge on any atom is -0.338 e. The first-order chi connectivity index (χ1) is 10.6. The molecule has 22 heavy (non-hydrogen) atoms. The quantitative estimate of drug-likeness (QED) is 0.655. The van der Waals surface area contributed by atoms with Gasteiger partial charge in [-0.15, -0.1) is 0 Å². The first-order valence-electron chi connectivity index (χ1n) is 6.29. The van der Waals surface area contributed by atoms with E-state index in [2.05, 4.69) is 20.3 Å². The van der Waals surface area contributed by atoms with Crippen LogP contribution in [0.4, 0.5) is 11.5 Å². The minimum absolute atomic E-state index is 0.312. The second-order valence-corrected chi connectivity index (χ2v) is 5.56. The van der Waals surface area contributed by atoms with E-state index in [-0.39, 0.29) is 0 Å². The van der Waals surface area contributed by atoms with Crippen molar-refractivity contribution in [2.45, 2.75) is 0 Å². The van der Waals surface area contributed by atoms with Gasteiger partial charge in [0, 0.05) is 24.0 Å². The number of hydrogen-bond donors (Lipinski definition) is 1. The number of nitrogens with one attached hydrogen (secondary N) is 1. The SMILES string of the molecule is Clc1cc(Nc2c(Cl)cccc2Cl)nc(-c2ccncc2)n1. The summed E-state index contributed by atoms with van der Waals surface area (Å²) in [4.78, 5) is 12.6. The fourth-order valence-corrected chi connectivity index (χ4v) is 2.53. The van der Waals surface area contributed by atoms with Crippen LogP contribution in [0.5, 0.6) is 0 Å². The van der Waals surface area contributed by atoms with E-state index < -0.39 is 0 Å². The fourth-order valence-electron chi connectivity index (χ4n) is 1.86. The summed E-state index contributed by atoms with van der Waals surface area (Å²) in [5, 5.41) is 4.38. The van der Waals surface area contributed by atoms with Crippen molar-refractivity contribution >= 4 is 46.3 Å². The van der Waals surface area contributed by atoms with Crippen LogP contribution < -0.4 is 5.32 Å². The van der Waals surface area contributed by atoms with E-state index in [4.69, 9.17) is 34.8 Å². The number of aromatic nitrogens is 3. The van der Waals surface area contributed by atoms with Gasteiger partial charge < -0.3 is 5.32 Å². The molecule has 3 aromatic rings. The molecule has 1 N–H and O–H groups in total. The van der Waals surface area contributed by atoms with E-state index in [9.17, 15) is 0 Å². The third-order valence-electron chi connectivity index (χ3n) is 2.85. The summed E-state index contributed by atoms with van der Waals surface area (Å²) < 4.78 is 0. The fraction of sp³-hybridized carbons (Fsp3) is 0. The lowest BCUT2D eigenvalue weighted by molar-refractivity contribution is 1.17. The van der Waals surface area contributed by atoms with Gasteiger partial charge in [0.15, 0.2) is 5.82 Å². The molecule has 0 aliphatic heterocycles. The standard InChI is InChI=1S/C15H9Cl3N4/c16-10-2-1-3-11(17)14(10)21-13-8-12(18)20-15(22-13)9-4-6-19-7-5-9/h1-8H,(H,20,21,22). The maximum atomic E-state index is 6.14. The highest BCUT2D eigenvalue weighted by Crippen LogP contribution is 2.32. The van der Waals surface area contributed by atoms with E-state index in [1.165, 1.54) is 0 Å². The Hall–Kier alpha value is -1.88. The molecule has 110 valence electrons. The summed E-state index contributed by atoms with van der Waals surface area (Å²) in [6, 6.07) is 10.5. The van der Waals surface area contributed by atoms with E-state index in [1.807, 2.05) is 0 Å². The molecule has 0 aliphatic rings. The lowest BCUT2D eigenvalue weighted by atomic mass is 10.2. The average Bonchev–Trinajstić information content (AvgIpc) is 2.51. The molecular formula is C15H9Cl3N4. The number of rotatable bonds is 3. The van der Waals surface area contributed by atoms with Crippen LogP contribution >= 0.6 is 34.8 Å². The first-order valence-corrected chi connectivity index (χ1v) is 7.43. The molecular weight excluding hydrogens is 343 g/mol. The van der Waals surface area contributed by atoms with Gasteiger partial charge in [-0.25, -0.2) is 9.97 Å². The third-order valence-corrected chi connectivity index (χ3v) is 3.67. The highest BCUT2D eigenvalue weighted by atomic mass is 35.5. The van der Waals surface area contributed by atoms with Crippen molar-refractivity contribution in [3.05, 3.63) is 64.0 Å². The van der Waals surface area contributed by atoms with Crippen molar-refractivity contribution in [3.8, 4) is 11.4 Å². The van der Waals surface area contributed by atoms with Gasteiger partial charge in [-0.05, 0) is 24.3 Å². The van der Waals surface area contributed by atoms with Crippen LogP contribution in [-0.4, -0.2) is 15.0 Å².